The topological polar surface area (TPSA) is 59.8 Å². The van der Waals surface area contributed by atoms with Gasteiger partial charge in [0.15, 0.2) is 0 Å². The zero-order chi connectivity index (χ0) is 12.9. The molecule has 17 heavy (non-hydrogen) atoms. The molecule has 0 aliphatic carbocycles. The van der Waals surface area contributed by atoms with Crippen molar-refractivity contribution >= 4 is 0 Å². The Morgan fingerprint density at radius 2 is 1.94 bits per heavy atom. The van der Waals surface area contributed by atoms with Gasteiger partial charge >= 0.3 is 0 Å². The van der Waals surface area contributed by atoms with Crippen molar-refractivity contribution < 1.29 is 9.47 Å². The van der Waals surface area contributed by atoms with Crippen molar-refractivity contribution in [1.29, 1.82) is 0 Å². The van der Waals surface area contributed by atoms with Crippen LogP contribution < -0.4 is 11.3 Å². The summed E-state index contributed by atoms with van der Waals surface area (Å²) in [4.78, 5) is 2.41. The van der Waals surface area contributed by atoms with Crippen molar-refractivity contribution in [2.24, 2.45) is 5.84 Å². The van der Waals surface area contributed by atoms with Gasteiger partial charge in [-0.15, -0.1) is 0 Å². The molecule has 5 heteroatoms. The Bertz CT molecular complexity index is 216. The van der Waals surface area contributed by atoms with E-state index in [4.69, 9.17) is 15.3 Å². The van der Waals surface area contributed by atoms with Gasteiger partial charge in [0.25, 0.3) is 0 Å². The molecule has 0 amide bonds. The second kappa shape index (κ2) is 6.66. The summed E-state index contributed by atoms with van der Waals surface area (Å²) in [5.41, 5.74) is 2.85. The third-order valence-electron chi connectivity index (χ3n) is 3.48. The lowest BCUT2D eigenvalue weighted by Crippen LogP contribution is -2.63. The van der Waals surface area contributed by atoms with Crippen LogP contribution in [0.1, 0.15) is 27.7 Å². The van der Waals surface area contributed by atoms with E-state index in [1.807, 2.05) is 13.8 Å². The van der Waals surface area contributed by atoms with E-state index in [9.17, 15) is 0 Å². The molecular weight excluding hydrogens is 218 g/mol. The summed E-state index contributed by atoms with van der Waals surface area (Å²) in [6.45, 7) is 12.6. The lowest BCUT2D eigenvalue weighted by molar-refractivity contribution is -0.0437. The van der Waals surface area contributed by atoms with Crippen molar-refractivity contribution in [3.8, 4) is 0 Å². The minimum Gasteiger partial charge on any atom is -0.379 e. The van der Waals surface area contributed by atoms with Gasteiger partial charge in [-0.3, -0.25) is 16.2 Å². The van der Waals surface area contributed by atoms with Crippen LogP contribution >= 0.6 is 0 Å². The van der Waals surface area contributed by atoms with E-state index in [2.05, 4.69) is 24.2 Å². The molecule has 1 heterocycles. The molecule has 1 atom stereocenters. The van der Waals surface area contributed by atoms with Crippen LogP contribution in [0, 0.1) is 0 Å². The highest BCUT2D eigenvalue weighted by molar-refractivity contribution is 4.93. The molecule has 0 radical (unpaired) electrons. The zero-order valence-corrected chi connectivity index (χ0v) is 11.5. The fourth-order valence-corrected chi connectivity index (χ4v) is 2.10. The van der Waals surface area contributed by atoms with Crippen molar-refractivity contribution in [2.45, 2.75) is 45.4 Å². The lowest BCUT2D eigenvalue weighted by atomic mass is 9.92. The predicted molar refractivity (Wildman–Crippen MR) is 68.7 cm³/mol. The van der Waals surface area contributed by atoms with E-state index in [1.165, 1.54) is 0 Å². The van der Waals surface area contributed by atoms with Crippen LogP contribution in [-0.2, 0) is 9.47 Å². The van der Waals surface area contributed by atoms with E-state index in [0.717, 1.165) is 26.3 Å². The third kappa shape index (κ3) is 4.19. The predicted octanol–water partition coefficient (Wildman–Crippen LogP) is 0.354. The van der Waals surface area contributed by atoms with Gasteiger partial charge in [-0.25, -0.2) is 0 Å². The van der Waals surface area contributed by atoms with Gasteiger partial charge in [-0.05, 0) is 27.7 Å². The fourth-order valence-electron chi connectivity index (χ4n) is 2.10. The Balaban J connectivity index is 2.56. The number of nitrogens with zero attached hydrogens (tertiary/aromatic N) is 1. The molecule has 0 aromatic carbocycles. The molecule has 1 saturated heterocycles. The molecule has 3 N–H and O–H groups in total. The summed E-state index contributed by atoms with van der Waals surface area (Å²) < 4.78 is 11.1. The second-order valence-corrected chi connectivity index (χ2v) is 5.35. The van der Waals surface area contributed by atoms with E-state index < -0.39 is 0 Å². The molecule has 1 aliphatic rings. The van der Waals surface area contributed by atoms with Crippen molar-refractivity contribution in [3.05, 3.63) is 0 Å². The second-order valence-electron chi connectivity index (χ2n) is 5.35. The lowest BCUT2D eigenvalue weighted by Gasteiger charge is -2.45. The maximum Gasteiger partial charge on any atom is 0.0654 e. The van der Waals surface area contributed by atoms with Crippen LogP contribution in [0.3, 0.4) is 0 Å². The number of hydrazine groups is 1. The SMILES string of the molecule is CC(C)OCC(NN)C(C)(C)N1CCOCC1. The standard InChI is InChI=1S/C12H27N3O2/c1-10(2)17-9-11(14-13)12(3,4)15-5-7-16-8-6-15/h10-11,14H,5-9,13H2,1-4H3. The number of nitrogens with two attached hydrogens (primary N) is 1. The van der Waals surface area contributed by atoms with Crippen LogP contribution in [0.5, 0.6) is 0 Å². The van der Waals surface area contributed by atoms with E-state index in [1.54, 1.807) is 0 Å². The van der Waals surface area contributed by atoms with Crippen molar-refractivity contribution in [2.75, 3.05) is 32.9 Å². The number of hydrogen-bond donors (Lipinski definition) is 2. The first-order valence-electron chi connectivity index (χ1n) is 6.39. The van der Waals surface area contributed by atoms with Crippen LogP contribution in [0.2, 0.25) is 0 Å². The van der Waals surface area contributed by atoms with Crippen LogP contribution in [0.25, 0.3) is 0 Å². The van der Waals surface area contributed by atoms with E-state index in [0.29, 0.717) is 6.61 Å². The quantitative estimate of drug-likeness (QED) is 0.522. The molecule has 1 unspecified atom stereocenters. The van der Waals surface area contributed by atoms with E-state index in [-0.39, 0.29) is 17.7 Å². The van der Waals surface area contributed by atoms with Gasteiger partial charge in [-0.1, -0.05) is 0 Å². The van der Waals surface area contributed by atoms with Gasteiger partial charge in [0.05, 0.1) is 32.0 Å². The maximum absolute atomic E-state index is 5.67. The van der Waals surface area contributed by atoms with Gasteiger partial charge in [0, 0.05) is 18.6 Å². The van der Waals surface area contributed by atoms with Gasteiger partial charge < -0.3 is 9.47 Å². The fraction of sp³-hybridized carbons (Fsp3) is 1.00. The Kier molecular flexibility index (Phi) is 5.82. The summed E-state index contributed by atoms with van der Waals surface area (Å²) in [5, 5.41) is 0. The van der Waals surface area contributed by atoms with Gasteiger partial charge in [-0.2, -0.15) is 0 Å². The summed E-state index contributed by atoms with van der Waals surface area (Å²) in [7, 11) is 0. The Hall–Kier alpha value is -0.200. The van der Waals surface area contributed by atoms with Crippen LogP contribution in [-0.4, -0.2) is 55.5 Å². The van der Waals surface area contributed by atoms with Crippen molar-refractivity contribution in [3.63, 3.8) is 0 Å². The Morgan fingerprint density at radius 3 is 2.41 bits per heavy atom. The van der Waals surface area contributed by atoms with Gasteiger partial charge in [0.2, 0.25) is 0 Å². The number of morpholine rings is 1. The van der Waals surface area contributed by atoms with E-state index >= 15 is 0 Å². The molecule has 1 aliphatic heterocycles. The van der Waals surface area contributed by atoms with Gasteiger partial charge in [0.1, 0.15) is 0 Å². The number of ether oxygens (including phenoxy) is 2. The number of rotatable bonds is 6. The third-order valence-corrected chi connectivity index (χ3v) is 3.48. The summed E-state index contributed by atoms with van der Waals surface area (Å²) in [6, 6.07) is 0.114. The molecule has 5 nitrogen and oxygen atoms in total. The highest BCUT2D eigenvalue weighted by atomic mass is 16.5. The first-order chi connectivity index (χ1) is 7.98. The normalized spacial score (nSPS) is 20.8. The average Bonchev–Trinajstić information content (AvgIpc) is 2.30. The molecule has 0 saturated carbocycles. The maximum atomic E-state index is 5.67. The summed E-state index contributed by atoms with van der Waals surface area (Å²) in [6.07, 6.45) is 0.228. The van der Waals surface area contributed by atoms with Crippen LogP contribution in [0.15, 0.2) is 0 Å². The molecule has 0 aromatic heterocycles. The number of hydrogen-bond acceptors (Lipinski definition) is 5. The molecule has 1 fully saturated rings. The average molecular weight is 245 g/mol. The Morgan fingerprint density at radius 1 is 1.35 bits per heavy atom. The zero-order valence-electron chi connectivity index (χ0n) is 11.5. The molecule has 102 valence electrons. The summed E-state index contributed by atoms with van der Waals surface area (Å²) >= 11 is 0. The van der Waals surface area contributed by atoms with Crippen molar-refractivity contribution in [1.82, 2.24) is 10.3 Å². The monoisotopic (exact) mass is 245 g/mol. The smallest absolute Gasteiger partial charge is 0.0654 e. The minimum atomic E-state index is -0.0343. The molecule has 1 rings (SSSR count). The largest absolute Gasteiger partial charge is 0.379 e. The molecule has 0 bridgehead atoms. The highest BCUT2D eigenvalue weighted by Gasteiger charge is 2.35. The minimum absolute atomic E-state index is 0.0343. The Labute approximate surface area is 105 Å². The first kappa shape index (κ1) is 14.9. The molecular formula is C12H27N3O2. The first-order valence-corrected chi connectivity index (χ1v) is 6.39. The molecule has 0 spiro atoms. The number of nitrogens with one attached hydrogen (secondary N) is 1. The van der Waals surface area contributed by atoms with Crippen LogP contribution in [0.4, 0.5) is 0 Å². The molecule has 0 aromatic rings. The highest BCUT2D eigenvalue weighted by Crippen LogP contribution is 2.20. The summed E-state index contributed by atoms with van der Waals surface area (Å²) in [5.74, 6) is 5.66.